The molecule has 0 bridgehead atoms. The van der Waals surface area contributed by atoms with Gasteiger partial charge in [-0.25, -0.2) is 4.39 Å². The third-order valence-electron chi connectivity index (χ3n) is 3.11. The predicted molar refractivity (Wildman–Crippen MR) is 75.3 cm³/mol. The summed E-state index contributed by atoms with van der Waals surface area (Å²) in [6.07, 6.45) is 0. The molecule has 2 aromatic rings. The molecule has 4 nitrogen and oxygen atoms in total. The average Bonchev–Trinajstić information content (AvgIpc) is 2.38. The number of nitro groups is 1. The highest BCUT2D eigenvalue weighted by Crippen LogP contribution is 2.30. The predicted octanol–water partition coefficient (Wildman–Crippen LogP) is 3.74. The molecule has 0 radical (unpaired) electrons. The molecule has 1 atom stereocenters. The van der Waals surface area contributed by atoms with Crippen molar-refractivity contribution in [3.63, 3.8) is 0 Å². The number of rotatable bonds is 3. The summed E-state index contributed by atoms with van der Waals surface area (Å²) in [5.74, 6) is -0.457. The first-order valence-electron chi connectivity index (χ1n) is 5.85. The van der Waals surface area contributed by atoms with Crippen LogP contribution in [0.1, 0.15) is 22.7 Å². The molecular weight excluding hydrogens is 283 g/mol. The zero-order valence-corrected chi connectivity index (χ0v) is 11.4. The Kier molecular flexibility index (Phi) is 4.01. The summed E-state index contributed by atoms with van der Waals surface area (Å²) in [7, 11) is 0. The second-order valence-corrected chi connectivity index (χ2v) is 4.85. The molecule has 0 fully saturated rings. The Morgan fingerprint density at radius 1 is 1.25 bits per heavy atom. The van der Waals surface area contributed by atoms with Gasteiger partial charge in [-0.3, -0.25) is 10.1 Å². The van der Waals surface area contributed by atoms with Gasteiger partial charge in [0.25, 0.3) is 5.69 Å². The van der Waals surface area contributed by atoms with Crippen LogP contribution in [0.3, 0.4) is 0 Å². The van der Waals surface area contributed by atoms with Crippen LogP contribution in [0.25, 0.3) is 0 Å². The molecule has 0 heterocycles. The Morgan fingerprint density at radius 2 is 1.95 bits per heavy atom. The summed E-state index contributed by atoms with van der Waals surface area (Å²) in [4.78, 5) is 10.3. The highest BCUT2D eigenvalue weighted by atomic mass is 35.5. The van der Waals surface area contributed by atoms with Crippen LogP contribution in [0.2, 0.25) is 5.02 Å². The lowest BCUT2D eigenvalue weighted by molar-refractivity contribution is -0.384. The number of aryl methyl sites for hydroxylation is 1. The lowest BCUT2D eigenvalue weighted by Crippen LogP contribution is -2.14. The number of hydrogen-bond acceptors (Lipinski definition) is 3. The van der Waals surface area contributed by atoms with Crippen LogP contribution in [0.4, 0.5) is 10.1 Å². The van der Waals surface area contributed by atoms with Crippen molar-refractivity contribution >= 4 is 17.3 Å². The summed E-state index contributed by atoms with van der Waals surface area (Å²) in [6, 6.07) is 7.73. The number of nitrogens with two attached hydrogens (primary N) is 1. The van der Waals surface area contributed by atoms with Crippen LogP contribution >= 0.6 is 11.6 Å². The largest absolute Gasteiger partial charge is 0.320 e. The van der Waals surface area contributed by atoms with E-state index in [1.165, 1.54) is 30.3 Å². The molecule has 20 heavy (non-hydrogen) atoms. The Balaban J connectivity index is 2.49. The van der Waals surface area contributed by atoms with Crippen molar-refractivity contribution in [2.75, 3.05) is 0 Å². The van der Waals surface area contributed by atoms with E-state index in [0.29, 0.717) is 11.1 Å². The van der Waals surface area contributed by atoms with Gasteiger partial charge in [-0.05, 0) is 35.7 Å². The SMILES string of the molecule is Cc1ccc([N+](=O)[O-])cc1C(N)c1ccc(F)cc1Cl. The van der Waals surface area contributed by atoms with E-state index in [-0.39, 0.29) is 10.7 Å². The van der Waals surface area contributed by atoms with Crippen molar-refractivity contribution in [3.05, 3.63) is 74.0 Å². The van der Waals surface area contributed by atoms with Gasteiger partial charge in [0, 0.05) is 17.2 Å². The second-order valence-electron chi connectivity index (χ2n) is 4.44. The Bertz CT molecular complexity index is 676. The monoisotopic (exact) mass is 294 g/mol. The molecule has 2 aromatic carbocycles. The minimum Gasteiger partial charge on any atom is -0.320 e. The Labute approximate surface area is 120 Å². The molecule has 1 unspecified atom stereocenters. The molecule has 0 saturated heterocycles. The minimum absolute atomic E-state index is 0.0423. The van der Waals surface area contributed by atoms with E-state index in [9.17, 15) is 14.5 Å². The summed E-state index contributed by atoms with van der Waals surface area (Å²) < 4.78 is 13.0. The molecule has 6 heteroatoms. The van der Waals surface area contributed by atoms with E-state index < -0.39 is 16.8 Å². The number of halogens is 2. The number of nitrogens with zero attached hydrogens (tertiary/aromatic N) is 1. The molecule has 0 aliphatic carbocycles. The normalized spacial score (nSPS) is 12.2. The van der Waals surface area contributed by atoms with Gasteiger partial charge >= 0.3 is 0 Å². The number of non-ortho nitro benzene ring substituents is 1. The lowest BCUT2D eigenvalue weighted by Gasteiger charge is -2.16. The van der Waals surface area contributed by atoms with E-state index in [1.807, 2.05) is 0 Å². The van der Waals surface area contributed by atoms with E-state index in [1.54, 1.807) is 13.0 Å². The van der Waals surface area contributed by atoms with Crippen LogP contribution in [0.5, 0.6) is 0 Å². The van der Waals surface area contributed by atoms with Gasteiger partial charge in [0.1, 0.15) is 5.82 Å². The third kappa shape index (κ3) is 2.79. The Morgan fingerprint density at radius 3 is 2.55 bits per heavy atom. The van der Waals surface area contributed by atoms with Crippen molar-refractivity contribution in [3.8, 4) is 0 Å². The number of benzene rings is 2. The van der Waals surface area contributed by atoms with Crippen LogP contribution in [0, 0.1) is 22.9 Å². The van der Waals surface area contributed by atoms with Gasteiger partial charge in [-0.15, -0.1) is 0 Å². The van der Waals surface area contributed by atoms with Gasteiger partial charge in [0.05, 0.1) is 11.0 Å². The van der Waals surface area contributed by atoms with Gasteiger partial charge < -0.3 is 5.73 Å². The number of nitro benzene ring substituents is 1. The van der Waals surface area contributed by atoms with E-state index in [0.717, 1.165) is 5.56 Å². The molecule has 0 aliphatic heterocycles. The maximum absolute atomic E-state index is 13.0. The summed E-state index contributed by atoms with van der Waals surface area (Å²) in [6.45, 7) is 1.80. The summed E-state index contributed by atoms with van der Waals surface area (Å²) in [5, 5.41) is 11.0. The van der Waals surface area contributed by atoms with Gasteiger partial charge in [0.2, 0.25) is 0 Å². The maximum Gasteiger partial charge on any atom is 0.269 e. The van der Waals surface area contributed by atoms with Crippen LogP contribution in [0.15, 0.2) is 36.4 Å². The van der Waals surface area contributed by atoms with Crippen LogP contribution < -0.4 is 5.73 Å². The molecular formula is C14H12ClFN2O2. The standard InChI is InChI=1S/C14H12ClFN2O2/c1-8-2-4-10(18(19)20)7-12(8)14(17)11-5-3-9(16)6-13(11)15/h2-7,14H,17H2,1H3. The van der Waals surface area contributed by atoms with E-state index in [4.69, 9.17) is 17.3 Å². The molecule has 0 aromatic heterocycles. The van der Waals surface area contributed by atoms with Crippen LogP contribution in [-0.2, 0) is 0 Å². The summed E-state index contributed by atoms with van der Waals surface area (Å²) in [5.41, 5.74) is 7.99. The fourth-order valence-corrected chi connectivity index (χ4v) is 2.28. The van der Waals surface area contributed by atoms with Crippen molar-refractivity contribution in [2.45, 2.75) is 13.0 Å². The van der Waals surface area contributed by atoms with Crippen molar-refractivity contribution in [1.29, 1.82) is 0 Å². The molecule has 0 spiro atoms. The quantitative estimate of drug-likeness (QED) is 0.692. The van der Waals surface area contributed by atoms with Gasteiger partial charge in [-0.1, -0.05) is 23.7 Å². The highest BCUT2D eigenvalue weighted by Gasteiger charge is 2.18. The first-order chi connectivity index (χ1) is 9.40. The molecule has 0 amide bonds. The lowest BCUT2D eigenvalue weighted by atomic mass is 9.95. The van der Waals surface area contributed by atoms with E-state index >= 15 is 0 Å². The first kappa shape index (κ1) is 14.4. The van der Waals surface area contributed by atoms with Crippen molar-refractivity contribution < 1.29 is 9.31 Å². The zero-order valence-electron chi connectivity index (χ0n) is 10.6. The fraction of sp³-hybridized carbons (Fsp3) is 0.143. The smallest absolute Gasteiger partial charge is 0.269 e. The number of hydrogen-bond donors (Lipinski definition) is 1. The van der Waals surface area contributed by atoms with Crippen molar-refractivity contribution in [2.24, 2.45) is 5.73 Å². The molecule has 0 saturated carbocycles. The third-order valence-corrected chi connectivity index (χ3v) is 3.43. The highest BCUT2D eigenvalue weighted by molar-refractivity contribution is 6.31. The topological polar surface area (TPSA) is 69.2 Å². The van der Waals surface area contributed by atoms with Gasteiger partial charge in [-0.2, -0.15) is 0 Å². The maximum atomic E-state index is 13.0. The van der Waals surface area contributed by atoms with Crippen molar-refractivity contribution in [1.82, 2.24) is 0 Å². The second kappa shape index (κ2) is 5.56. The average molecular weight is 295 g/mol. The molecule has 2 N–H and O–H groups in total. The fourth-order valence-electron chi connectivity index (χ4n) is 2.00. The zero-order chi connectivity index (χ0) is 14.9. The summed E-state index contributed by atoms with van der Waals surface area (Å²) >= 11 is 5.98. The van der Waals surface area contributed by atoms with Gasteiger partial charge in [0.15, 0.2) is 0 Å². The molecule has 104 valence electrons. The van der Waals surface area contributed by atoms with E-state index in [2.05, 4.69) is 0 Å². The minimum atomic E-state index is -0.650. The Hall–Kier alpha value is -1.98. The first-order valence-corrected chi connectivity index (χ1v) is 6.23. The molecule has 2 rings (SSSR count). The van der Waals surface area contributed by atoms with Crippen LogP contribution in [-0.4, -0.2) is 4.92 Å². The molecule has 0 aliphatic rings.